The smallest absolute Gasteiger partial charge is 0.415 e. The van der Waals surface area contributed by atoms with Crippen LogP contribution in [-0.2, 0) is 16.0 Å². The van der Waals surface area contributed by atoms with Crippen molar-refractivity contribution < 1.29 is 33.6 Å². The summed E-state index contributed by atoms with van der Waals surface area (Å²) in [7, 11) is 1.54. The van der Waals surface area contributed by atoms with E-state index < -0.39 is 18.2 Å². The first-order valence-electron chi connectivity index (χ1n) is 11.9. The second kappa shape index (κ2) is 14.2. The number of carbonyl (C=O) groups is 2. The number of carboxylic acid groups (broad SMARTS) is 1. The molecule has 1 N–H and O–H groups in total. The average Bonchev–Trinajstić information content (AvgIpc) is 2.81. The van der Waals surface area contributed by atoms with E-state index in [9.17, 15) is 14.7 Å². The lowest BCUT2D eigenvalue weighted by Crippen LogP contribution is -2.38. The molecule has 0 heterocycles. The highest BCUT2D eigenvalue weighted by Gasteiger charge is 2.20. The summed E-state index contributed by atoms with van der Waals surface area (Å²) >= 11 is 0. The first kappa shape index (κ1) is 28.0. The molecule has 192 valence electrons. The Morgan fingerprint density at radius 2 is 1.74 bits per heavy atom. The van der Waals surface area contributed by atoms with Crippen molar-refractivity contribution in [2.75, 3.05) is 33.4 Å². The molecule has 0 fully saturated rings. The Balaban J connectivity index is 1.97. The zero-order valence-corrected chi connectivity index (χ0v) is 21.3. The minimum absolute atomic E-state index is 0.278. The van der Waals surface area contributed by atoms with Crippen molar-refractivity contribution in [2.45, 2.75) is 46.6 Å². The summed E-state index contributed by atoms with van der Waals surface area (Å²) in [5.74, 6) is 0.964. The Morgan fingerprint density at radius 1 is 1.03 bits per heavy atom. The number of amides is 1. The van der Waals surface area contributed by atoms with E-state index in [4.69, 9.17) is 18.9 Å². The predicted molar refractivity (Wildman–Crippen MR) is 133 cm³/mol. The van der Waals surface area contributed by atoms with Gasteiger partial charge >= 0.3 is 12.1 Å². The first-order chi connectivity index (χ1) is 16.7. The Bertz CT molecular complexity index is 943. The van der Waals surface area contributed by atoms with Gasteiger partial charge in [-0.25, -0.2) is 9.59 Å². The van der Waals surface area contributed by atoms with Crippen LogP contribution in [0, 0.1) is 12.8 Å². The lowest BCUT2D eigenvalue weighted by Gasteiger charge is -2.23. The van der Waals surface area contributed by atoms with Crippen LogP contribution in [0.25, 0.3) is 0 Å². The molecule has 0 saturated carbocycles. The number of carbonyl (C=O) groups excluding carboxylic acids is 1. The monoisotopic (exact) mass is 487 g/mol. The number of benzene rings is 2. The standard InChI is InChI=1S/C27H37NO7/c1-6-33-25(26(29)30)18-21-8-10-22(11-9-21)34-16-15-28(14-13-19(2)3)27(31)35-24-17-20(4)7-12-23(24)32-5/h7-12,17,19,25H,6,13-16,18H2,1-5H3,(H,29,30). The SMILES string of the molecule is CCOC(Cc1ccc(OCCN(CCC(C)C)C(=O)Oc2cc(C)ccc2OC)cc1)C(=O)O. The first-order valence-corrected chi connectivity index (χ1v) is 11.9. The molecule has 1 amide bonds. The van der Waals surface area contributed by atoms with Gasteiger partial charge in [0.05, 0.1) is 13.7 Å². The van der Waals surface area contributed by atoms with E-state index in [2.05, 4.69) is 13.8 Å². The molecule has 0 aliphatic heterocycles. The third-order valence-corrected chi connectivity index (χ3v) is 5.37. The number of carboxylic acids is 1. The van der Waals surface area contributed by atoms with Gasteiger partial charge in [-0.2, -0.15) is 0 Å². The Labute approximate surface area is 207 Å². The van der Waals surface area contributed by atoms with Crippen LogP contribution in [0.4, 0.5) is 4.79 Å². The number of methoxy groups -OCH3 is 1. The van der Waals surface area contributed by atoms with E-state index in [1.54, 1.807) is 36.1 Å². The van der Waals surface area contributed by atoms with E-state index in [1.165, 1.54) is 7.11 Å². The predicted octanol–water partition coefficient (Wildman–Crippen LogP) is 4.96. The van der Waals surface area contributed by atoms with Gasteiger partial charge in [-0.05, 0) is 61.6 Å². The van der Waals surface area contributed by atoms with E-state index in [0.29, 0.717) is 42.9 Å². The summed E-state index contributed by atoms with van der Waals surface area (Å²) in [6.07, 6.45) is -0.219. The minimum Gasteiger partial charge on any atom is -0.493 e. The topological polar surface area (TPSA) is 94.5 Å². The number of ether oxygens (including phenoxy) is 4. The zero-order chi connectivity index (χ0) is 25.8. The fourth-order valence-corrected chi connectivity index (χ4v) is 3.36. The molecule has 0 radical (unpaired) electrons. The van der Waals surface area contributed by atoms with Crippen LogP contribution in [0.5, 0.6) is 17.2 Å². The zero-order valence-electron chi connectivity index (χ0n) is 21.3. The number of nitrogens with zero attached hydrogens (tertiary/aromatic N) is 1. The van der Waals surface area contributed by atoms with Crippen molar-refractivity contribution in [3.63, 3.8) is 0 Å². The summed E-state index contributed by atoms with van der Waals surface area (Å²) in [5.41, 5.74) is 1.80. The number of aryl methyl sites for hydroxylation is 1. The molecule has 0 aromatic heterocycles. The molecule has 1 unspecified atom stereocenters. The van der Waals surface area contributed by atoms with Crippen molar-refractivity contribution in [3.05, 3.63) is 53.6 Å². The van der Waals surface area contributed by atoms with Crippen molar-refractivity contribution in [1.82, 2.24) is 4.90 Å². The van der Waals surface area contributed by atoms with Gasteiger partial charge in [0.1, 0.15) is 12.4 Å². The largest absolute Gasteiger partial charge is 0.493 e. The fraction of sp³-hybridized carbons (Fsp3) is 0.481. The van der Waals surface area contributed by atoms with Crippen molar-refractivity contribution in [2.24, 2.45) is 5.92 Å². The second-order valence-electron chi connectivity index (χ2n) is 8.67. The molecule has 8 heteroatoms. The maximum atomic E-state index is 12.9. The normalized spacial score (nSPS) is 11.7. The molecule has 8 nitrogen and oxygen atoms in total. The molecular formula is C27H37NO7. The third-order valence-electron chi connectivity index (χ3n) is 5.37. The summed E-state index contributed by atoms with van der Waals surface area (Å²) in [6, 6.07) is 12.7. The summed E-state index contributed by atoms with van der Waals surface area (Å²) in [6.45, 7) is 9.42. The quantitative estimate of drug-likeness (QED) is 0.402. The van der Waals surface area contributed by atoms with E-state index in [-0.39, 0.29) is 13.0 Å². The number of rotatable bonds is 14. The van der Waals surface area contributed by atoms with Gasteiger partial charge in [-0.15, -0.1) is 0 Å². The molecule has 35 heavy (non-hydrogen) atoms. The third kappa shape index (κ3) is 9.48. The van der Waals surface area contributed by atoms with E-state index in [0.717, 1.165) is 17.5 Å². The Kier molecular flexibility index (Phi) is 11.4. The maximum Gasteiger partial charge on any atom is 0.415 e. The highest BCUT2D eigenvalue weighted by atomic mass is 16.6. The molecule has 0 saturated heterocycles. The summed E-state index contributed by atoms with van der Waals surface area (Å²) in [5, 5.41) is 9.25. The van der Waals surface area contributed by atoms with Gasteiger partial charge in [0, 0.05) is 19.6 Å². The molecule has 0 bridgehead atoms. The Hall–Kier alpha value is -3.26. The van der Waals surface area contributed by atoms with Crippen LogP contribution in [0.2, 0.25) is 0 Å². The molecular weight excluding hydrogens is 450 g/mol. The van der Waals surface area contributed by atoms with Gasteiger partial charge in [-0.3, -0.25) is 0 Å². The molecule has 1 atom stereocenters. The van der Waals surface area contributed by atoms with E-state index >= 15 is 0 Å². The molecule has 2 rings (SSSR count). The maximum absolute atomic E-state index is 12.9. The fourth-order valence-electron chi connectivity index (χ4n) is 3.36. The van der Waals surface area contributed by atoms with Crippen molar-refractivity contribution in [1.29, 1.82) is 0 Å². The van der Waals surface area contributed by atoms with Gasteiger partial charge < -0.3 is 29.0 Å². The van der Waals surface area contributed by atoms with Gasteiger partial charge in [0.2, 0.25) is 0 Å². The molecule has 0 spiro atoms. The van der Waals surface area contributed by atoms with Crippen LogP contribution in [0.3, 0.4) is 0 Å². The molecule has 2 aromatic carbocycles. The van der Waals surface area contributed by atoms with Gasteiger partial charge in [0.15, 0.2) is 17.6 Å². The van der Waals surface area contributed by atoms with Crippen LogP contribution in [0.15, 0.2) is 42.5 Å². The summed E-state index contributed by atoms with van der Waals surface area (Å²) in [4.78, 5) is 25.9. The van der Waals surface area contributed by atoms with Crippen molar-refractivity contribution >= 4 is 12.1 Å². The minimum atomic E-state index is -0.983. The van der Waals surface area contributed by atoms with Gasteiger partial charge in [-0.1, -0.05) is 32.0 Å². The number of hydrogen-bond acceptors (Lipinski definition) is 6. The molecule has 0 aliphatic carbocycles. The summed E-state index contributed by atoms with van der Waals surface area (Å²) < 4.78 is 22.1. The lowest BCUT2D eigenvalue weighted by atomic mass is 10.1. The van der Waals surface area contributed by atoms with Crippen LogP contribution >= 0.6 is 0 Å². The van der Waals surface area contributed by atoms with Crippen molar-refractivity contribution in [3.8, 4) is 17.2 Å². The van der Waals surface area contributed by atoms with E-state index in [1.807, 2.05) is 25.1 Å². The van der Waals surface area contributed by atoms with Crippen LogP contribution < -0.4 is 14.2 Å². The highest BCUT2D eigenvalue weighted by molar-refractivity contribution is 5.73. The molecule has 2 aromatic rings. The number of hydrogen-bond donors (Lipinski definition) is 1. The Morgan fingerprint density at radius 3 is 2.34 bits per heavy atom. The molecule has 0 aliphatic rings. The average molecular weight is 488 g/mol. The lowest BCUT2D eigenvalue weighted by molar-refractivity contribution is -0.149. The van der Waals surface area contributed by atoms with Gasteiger partial charge in [0.25, 0.3) is 0 Å². The number of aliphatic carboxylic acids is 1. The van der Waals surface area contributed by atoms with Crippen LogP contribution in [0.1, 0.15) is 38.3 Å². The van der Waals surface area contributed by atoms with Crippen LogP contribution in [-0.4, -0.2) is 61.6 Å². The second-order valence-corrected chi connectivity index (χ2v) is 8.67. The highest BCUT2D eigenvalue weighted by Crippen LogP contribution is 2.28.